The van der Waals surface area contributed by atoms with E-state index >= 15 is 0 Å². The second-order valence-electron chi connectivity index (χ2n) is 11.0. The number of nitrogens with one attached hydrogen (secondary N) is 1. The van der Waals surface area contributed by atoms with Gasteiger partial charge in [-0.05, 0) is 57.1 Å². The van der Waals surface area contributed by atoms with E-state index in [0.29, 0.717) is 0 Å². The largest absolute Gasteiger partial charge is 0.387 e. The fourth-order valence-electron chi connectivity index (χ4n) is 5.97. The lowest BCUT2D eigenvalue weighted by molar-refractivity contribution is 0.226. The van der Waals surface area contributed by atoms with Gasteiger partial charge >= 0.3 is 0 Å². The van der Waals surface area contributed by atoms with E-state index in [-0.39, 0.29) is 6.04 Å². The smallest absolute Gasteiger partial charge is 0.160 e. The molecule has 0 aliphatic carbocycles. The quantitative estimate of drug-likeness (QED) is 0.515. The summed E-state index contributed by atoms with van der Waals surface area (Å²) in [7, 11) is 2.12. The molecule has 1 unspecified atom stereocenters. The Kier molecular flexibility index (Phi) is 6.31. The summed E-state index contributed by atoms with van der Waals surface area (Å²) in [5, 5.41) is 8.76. The second kappa shape index (κ2) is 9.77. The molecule has 2 aromatic heterocycles. The summed E-state index contributed by atoms with van der Waals surface area (Å²) in [4.78, 5) is 12.2. The van der Waals surface area contributed by atoms with Crippen LogP contribution in [0.25, 0.3) is 11.3 Å². The number of rotatable bonds is 1. The predicted molar refractivity (Wildman–Crippen MR) is 152 cm³/mol. The number of likely N-dealkylation sites (N-methyl/N-ethyl adjacent to an activating group) is 1. The zero-order valence-electron chi connectivity index (χ0n) is 22.3. The Morgan fingerprint density at radius 2 is 1.86 bits per heavy atom. The number of aromatic nitrogens is 3. The molecule has 194 valence electrons. The highest BCUT2D eigenvalue weighted by atomic mass is 15.4. The van der Waals surface area contributed by atoms with Crippen LogP contribution in [-0.4, -0.2) is 59.3 Å². The van der Waals surface area contributed by atoms with E-state index < -0.39 is 0 Å². The maximum Gasteiger partial charge on any atom is 0.160 e. The fraction of sp³-hybridized carbons (Fsp3) is 0.467. The van der Waals surface area contributed by atoms with Crippen LogP contribution in [0.15, 0.2) is 49.2 Å². The molecule has 3 aromatic rings. The maximum atomic E-state index is 5.20. The molecule has 2 fully saturated rings. The first-order valence-corrected chi connectivity index (χ1v) is 13.8. The van der Waals surface area contributed by atoms with E-state index in [1.165, 1.54) is 36.0 Å². The van der Waals surface area contributed by atoms with Crippen LogP contribution in [0.5, 0.6) is 0 Å². The number of anilines is 2. The maximum absolute atomic E-state index is 5.20. The number of piperidine rings is 1. The summed E-state index contributed by atoms with van der Waals surface area (Å²) in [5.41, 5.74) is 8.06. The van der Waals surface area contributed by atoms with Crippen LogP contribution >= 0.6 is 0 Å². The molecule has 1 N–H and O–H groups in total. The minimum Gasteiger partial charge on any atom is -0.387 e. The van der Waals surface area contributed by atoms with Crippen molar-refractivity contribution in [1.82, 2.24) is 24.8 Å². The molecular weight excluding hydrogens is 458 g/mol. The molecule has 0 radical (unpaired) electrons. The summed E-state index contributed by atoms with van der Waals surface area (Å²) in [6, 6.07) is 11.4. The van der Waals surface area contributed by atoms with Crippen molar-refractivity contribution in [2.24, 2.45) is 0 Å². The summed E-state index contributed by atoms with van der Waals surface area (Å²) in [5.74, 6) is 2.09. The van der Waals surface area contributed by atoms with Gasteiger partial charge in [0.1, 0.15) is 11.6 Å². The van der Waals surface area contributed by atoms with Gasteiger partial charge in [0.15, 0.2) is 5.65 Å². The van der Waals surface area contributed by atoms with E-state index in [1.807, 2.05) is 4.52 Å². The van der Waals surface area contributed by atoms with Gasteiger partial charge in [0.05, 0.1) is 18.3 Å². The minimum atomic E-state index is 0.200. The van der Waals surface area contributed by atoms with E-state index in [2.05, 4.69) is 77.5 Å². The molecular formula is C30H39N7. The molecule has 7 heteroatoms. The number of hydrogen-bond acceptors (Lipinski definition) is 6. The summed E-state index contributed by atoms with van der Waals surface area (Å²) < 4.78 is 2.03. The molecule has 6 rings (SSSR count). The molecule has 0 spiro atoms. The normalized spacial score (nSPS) is 21.0. The molecule has 2 bridgehead atoms. The SMILES string of the molecule is C=C1CN(C)c2cc(N3CCC3)nc3cc(nn23)C2CCCCN2C(=C)c2cc(C)ccc2CCCN1. The van der Waals surface area contributed by atoms with Gasteiger partial charge in [-0.1, -0.05) is 30.9 Å². The van der Waals surface area contributed by atoms with Crippen LogP contribution in [0, 0.1) is 6.92 Å². The Balaban J connectivity index is 1.47. The van der Waals surface area contributed by atoms with E-state index in [1.54, 1.807) is 0 Å². The van der Waals surface area contributed by atoms with Crippen molar-refractivity contribution >= 4 is 23.0 Å². The molecule has 3 aliphatic rings. The lowest BCUT2D eigenvalue weighted by Gasteiger charge is -2.38. The third-order valence-electron chi connectivity index (χ3n) is 8.18. The van der Waals surface area contributed by atoms with Crippen molar-refractivity contribution in [3.05, 3.63) is 71.6 Å². The monoisotopic (exact) mass is 497 g/mol. The average Bonchev–Trinajstić information content (AvgIpc) is 3.29. The van der Waals surface area contributed by atoms with E-state index in [4.69, 9.17) is 10.1 Å². The molecule has 7 nitrogen and oxygen atoms in total. The van der Waals surface area contributed by atoms with Crippen molar-refractivity contribution in [2.75, 3.05) is 49.6 Å². The van der Waals surface area contributed by atoms with Crippen LogP contribution < -0.4 is 15.1 Å². The van der Waals surface area contributed by atoms with Gasteiger partial charge in [-0.15, -0.1) is 0 Å². The van der Waals surface area contributed by atoms with Gasteiger partial charge in [-0.2, -0.15) is 9.61 Å². The Bertz CT molecular complexity index is 1340. The first kappa shape index (κ1) is 23.9. The lowest BCUT2D eigenvalue weighted by atomic mass is 9.93. The van der Waals surface area contributed by atoms with E-state index in [9.17, 15) is 0 Å². The van der Waals surface area contributed by atoms with E-state index in [0.717, 1.165) is 86.4 Å². The van der Waals surface area contributed by atoms with Crippen LogP contribution in [-0.2, 0) is 6.42 Å². The standard InChI is InChI=1S/C30H39N7/c1-21-11-12-24-9-7-13-31-22(2)20-34(4)30-19-28(35-14-8-15-35)32-29-18-26(33-37(29)30)27-10-5-6-16-36(27)23(3)25(24)17-21/h11-12,17-19,27,31H,2-3,5-10,13-16,20H2,1,4H3. The third kappa shape index (κ3) is 4.56. The van der Waals surface area contributed by atoms with Crippen LogP contribution in [0.2, 0.25) is 0 Å². The topological polar surface area (TPSA) is 51.9 Å². The zero-order chi connectivity index (χ0) is 25.5. The van der Waals surface area contributed by atoms with Crippen molar-refractivity contribution in [3.8, 4) is 0 Å². The first-order valence-electron chi connectivity index (χ1n) is 13.8. The highest BCUT2D eigenvalue weighted by Crippen LogP contribution is 2.38. The highest BCUT2D eigenvalue weighted by molar-refractivity contribution is 5.67. The van der Waals surface area contributed by atoms with Crippen LogP contribution in [0.3, 0.4) is 0 Å². The fourth-order valence-corrected chi connectivity index (χ4v) is 5.97. The lowest BCUT2D eigenvalue weighted by Crippen LogP contribution is -2.38. The van der Waals surface area contributed by atoms with Crippen LogP contribution in [0.4, 0.5) is 11.6 Å². The minimum absolute atomic E-state index is 0.200. The van der Waals surface area contributed by atoms with Gasteiger partial charge in [0.2, 0.25) is 0 Å². The first-order chi connectivity index (χ1) is 18.0. The Morgan fingerprint density at radius 1 is 1.00 bits per heavy atom. The van der Waals surface area contributed by atoms with Gasteiger partial charge in [-0.25, -0.2) is 4.98 Å². The second-order valence-corrected chi connectivity index (χ2v) is 11.0. The van der Waals surface area contributed by atoms with Crippen molar-refractivity contribution < 1.29 is 0 Å². The average molecular weight is 498 g/mol. The van der Waals surface area contributed by atoms with Gasteiger partial charge in [-0.3, -0.25) is 0 Å². The highest BCUT2D eigenvalue weighted by Gasteiger charge is 2.30. The number of nitrogens with zero attached hydrogens (tertiary/aromatic N) is 6. The van der Waals surface area contributed by atoms with Crippen LogP contribution in [0.1, 0.15) is 60.5 Å². The molecule has 37 heavy (non-hydrogen) atoms. The Labute approximate surface area is 220 Å². The van der Waals surface area contributed by atoms with Crippen molar-refractivity contribution in [2.45, 2.75) is 51.5 Å². The number of aryl methyl sites for hydroxylation is 2. The zero-order valence-corrected chi connectivity index (χ0v) is 22.3. The predicted octanol–water partition coefficient (Wildman–Crippen LogP) is 4.93. The number of benzene rings is 1. The Hall–Kier alpha value is -3.48. The summed E-state index contributed by atoms with van der Waals surface area (Å²) >= 11 is 0. The molecule has 5 heterocycles. The van der Waals surface area contributed by atoms with Gasteiger partial charge in [0.25, 0.3) is 0 Å². The molecule has 2 saturated heterocycles. The molecule has 0 saturated carbocycles. The molecule has 0 amide bonds. The molecule has 3 aliphatic heterocycles. The summed E-state index contributed by atoms with van der Waals surface area (Å²) in [6.07, 6.45) is 6.75. The summed E-state index contributed by atoms with van der Waals surface area (Å²) in [6.45, 7) is 15.9. The van der Waals surface area contributed by atoms with Crippen molar-refractivity contribution in [1.29, 1.82) is 0 Å². The number of hydrogen-bond donors (Lipinski definition) is 1. The van der Waals surface area contributed by atoms with Gasteiger partial charge < -0.3 is 20.0 Å². The van der Waals surface area contributed by atoms with Crippen molar-refractivity contribution in [3.63, 3.8) is 0 Å². The number of fused-ring (bicyclic) bond motifs is 4. The molecule has 1 aromatic carbocycles. The van der Waals surface area contributed by atoms with Gasteiger partial charge in [0, 0.05) is 62.3 Å². The third-order valence-corrected chi connectivity index (χ3v) is 8.18. The Morgan fingerprint density at radius 3 is 2.68 bits per heavy atom. The molecule has 1 atom stereocenters.